The molecule has 5 nitrogen and oxygen atoms in total. The van der Waals surface area contributed by atoms with E-state index in [1.54, 1.807) is 24.9 Å². The second kappa shape index (κ2) is 5.15. The quantitative estimate of drug-likeness (QED) is 0.594. The minimum absolute atomic E-state index is 0.0900. The maximum Gasteiger partial charge on any atom is 0.329 e. The van der Waals surface area contributed by atoms with E-state index in [9.17, 15) is 14.7 Å². The number of aliphatic hydroxyl groups excluding tert-OH is 1. The third-order valence-electron chi connectivity index (χ3n) is 2.81. The van der Waals surface area contributed by atoms with Gasteiger partial charge in [0.15, 0.2) is 0 Å². The minimum atomic E-state index is -0.403. The number of aliphatic hydroxyl groups is 1. The Morgan fingerprint density at radius 1 is 1.65 bits per heavy atom. The highest BCUT2D eigenvalue weighted by Crippen LogP contribution is 2.41. The first-order valence-corrected chi connectivity index (χ1v) is 7.71. The van der Waals surface area contributed by atoms with Gasteiger partial charge in [0.2, 0.25) is 0 Å². The van der Waals surface area contributed by atoms with E-state index < -0.39 is 5.69 Å². The molecule has 94 valence electrons. The molecular formula is C10H13IN2O3S. The van der Waals surface area contributed by atoms with Gasteiger partial charge in [-0.05, 0) is 6.92 Å². The van der Waals surface area contributed by atoms with Gasteiger partial charge in [-0.3, -0.25) is 14.3 Å². The van der Waals surface area contributed by atoms with E-state index in [1.807, 2.05) is 0 Å². The summed E-state index contributed by atoms with van der Waals surface area (Å²) in [6.07, 6.45) is 1.73. The second-order valence-electron chi connectivity index (χ2n) is 4.07. The molecular weight excluding hydrogens is 355 g/mol. The number of halogens is 1. The fraction of sp³-hybridized carbons (Fsp3) is 0.600. The van der Waals surface area contributed by atoms with E-state index in [1.165, 1.54) is 4.57 Å². The fourth-order valence-corrected chi connectivity index (χ4v) is 4.40. The van der Waals surface area contributed by atoms with Crippen LogP contribution in [-0.2, 0) is 0 Å². The lowest BCUT2D eigenvalue weighted by Crippen LogP contribution is -2.32. The zero-order valence-corrected chi connectivity index (χ0v) is 12.2. The summed E-state index contributed by atoms with van der Waals surface area (Å²) < 4.78 is 2.36. The van der Waals surface area contributed by atoms with Crippen LogP contribution >= 0.6 is 34.4 Å². The summed E-state index contributed by atoms with van der Waals surface area (Å²) >= 11 is 3.81. The third kappa shape index (κ3) is 2.60. The predicted molar refractivity (Wildman–Crippen MR) is 76.0 cm³/mol. The van der Waals surface area contributed by atoms with E-state index in [0.29, 0.717) is 12.0 Å². The van der Waals surface area contributed by atoms with Gasteiger partial charge in [0.25, 0.3) is 5.56 Å². The molecule has 3 atom stereocenters. The molecule has 0 aromatic carbocycles. The topological polar surface area (TPSA) is 75.1 Å². The van der Waals surface area contributed by atoms with Crippen molar-refractivity contribution in [1.82, 2.24) is 9.55 Å². The van der Waals surface area contributed by atoms with Crippen molar-refractivity contribution in [2.24, 2.45) is 0 Å². The van der Waals surface area contributed by atoms with Crippen molar-refractivity contribution < 1.29 is 5.11 Å². The summed E-state index contributed by atoms with van der Waals surface area (Å²) in [5.74, 6) is 0. The Balaban J connectivity index is 2.34. The van der Waals surface area contributed by atoms with Gasteiger partial charge in [0.1, 0.15) is 0 Å². The molecule has 1 aliphatic rings. The van der Waals surface area contributed by atoms with Gasteiger partial charge < -0.3 is 5.11 Å². The molecule has 0 bridgehead atoms. The number of aromatic amines is 1. The molecule has 1 aromatic heterocycles. The molecule has 1 saturated heterocycles. The lowest BCUT2D eigenvalue weighted by atomic mass is 10.2. The Morgan fingerprint density at radius 2 is 2.35 bits per heavy atom. The first-order chi connectivity index (χ1) is 8.02. The summed E-state index contributed by atoms with van der Waals surface area (Å²) in [6, 6.07) is 0. The molecule has 2 N–H and O–H groups in total. The number of nitrogens with zero attached hydrogens (tertiary/aromatic N) is 1. The predicted octanol–water partition coefficient (Wildman–Crippen LogP) is 0.645. The van der Waals surface area contributed by atoms with E-state index in [4.69, 9.17) is 0 Å². The largest absolute Gasteiger partial charge is 0.392 e. The molecule has 1 aliphatic heterocycles. The Labute approximate surface area is 116 Å². The third-order valence-corrected chi connectivity index (χ3v) is 5.92. The fourth-order valence-electron chi connectivity index (χ4n) is 1.82. The highest BCUT2D eigenvalue weighted by Gasteiger charge is 2.34. The zero-order chi connectivity index (χ0) is 12.6. The van der Waals surface area contributed by atoms with Crippen LogP contribution in [-0.4, -0.2) is 30.4 Å². The number of aromatic nitrogens is 2. The summed E-state index contributed by atoms with van der Waals surface area (Å²) in [5.41, 5.74) is -0.239. The Morgan fingerprint density at radius 3 is 2.94 bits per heavy atom. The van der Waals surface area contributed by atoms with E-state index in [0.717, 1.165) is 4.43 Å². The molecule has 2 heterocycles. The van der Waals surface area contributed by atoms with Gasteiger partial charge in [-0.15, -0.1) is 11.8 Å². The molecule has 2 rings (SSSR count). The van der Waals surface area contributed by atoms with Crippen molar-refractivity contribution in [3.8, 4) is 0 Å². The number of alkyl halides is 1. The van der Waals surface area contributed by atoms with Crippen LogP contribution in [0.15, 0.2) is 15.8 Å². The number of rotatable bonds is 2. The van der Waals surface area contributed by atoms with Crippen LogP contribution in [0.3, 0.4) is 0 Å². The normalized spacial score (nSPS) is 28.5. The van der Waals surface area contributed by atoms with E-state index in [-0.39, 0.29) is 22.3 Å². The standard InChI is InChI=1S/C10H13IN2O3S/c1-5-4-13(10(16)12-9(5)15)8-2-6(14)7(3-11)17-8/h4,6-8,14H,2-3H2,1H3,(H,12,15,16)/t6-,7+,8?/m0/s1. The maximum atomic E-state index is 11.7. The summed E-state index contributed by atoms with van der Waals surface area (Å²) in [7, 11) is 0. The van der Waals surface area contributed by atoms with Gasteiger partial charge in [0.05, 0.1) is 11.5 Å². The van der Waals surface area contributed by atoms with Crippen LogP contribution in [0.2, 0.25) is 0 Å². The first-order valence-electron chi connectivity index (χ1n) is 5.24. The lowest BCUT2D eigenvalue weighted by molar-refractivity contribution is 0.170. The Hall–Kier alpha value is -0.280. The van der Waals surface area contributed by atoms with Crippen LogP contribution in [0.1, 0.15) is 17.4 Å². The average Bonchev–Trinajstić information content (AvgIpc) is 2.65. The van der Waals surface area contributed by atoms with Gasteiger partial charge >= 0.3 is 5.69 Å². The maximum absolute atomic E-state index is 11.7. The van der Waals surface area contributed by atoms with Crippen LogP contribution in [0.4, 0.5) is 0 Å². The monoisotopic (exact) mass is 368 g/mol. The van der Waals surface area contributed by atoms with Crippen molar-refractivity contribution in [2.45, 2.75) is 30.1 Å². The van der Waals surface area contributed by atoms with Crippen molar-refractivity contribution >= 4 is 34.4 Å². The van der Waals surface area contributed by atoms with Crippen LogP contribution < -0.4 is 11.2 Å². The SMILES string of the molecule is Cc1cn(C2C[C@H](O)[C@@H](CI)S2)c(=O)[nH]c1=O. The summed E-state index contributed by atoms with van der Waals surface area (Å²) in [5, 5.41) is 9.89. The first kappa shape index (κ1) is 13.2. The summed E-state index contributed by atoms with van der Waals surface area (Å²) in [6.45, 7) is 1.67. The molecule has 1 unspecified atom stereocenters. The van der Waals surface area contributed by atoms with Crippen molar-refractivity contribution in [3.05, 3.63) is 32.6 Å². The highest BCUT2D eigenvalue weighted by atomic mass is 127. The van der Waals surface area contributed by atoms with E-state index >= 15 is 0 Å². The molecule has 0 spiro atoms. The molecule has 0 saturated carbocycles. The molecule has 0 amide bonds. The van der Waals surface area contributed by atoms with Crippen LogP contribution in [0, 0.1) is 6.92 Å². The molecule has 17 heavy (non-hydrogen) atoms. The minimum Gasteiger partial charge on any atom is -0.392 e. The smallest absolute Gasteiger partial charge is 0.329 e. The second-order valence-corrected chi connectivity index (χ2v) is 6.37. The number of nitrogens with one attached hydrogen (secondary N) is 1. The Kier molecular flexibility index (Phi) is 3.99. The molecule has 0 radical (unpaired) electrons. The average molecular weight is 368 g/mol. The van der Waals surface area contributed by atoms with Crippen LogP contribution in [0.5, 0.6) is 0 Å². The van der Waals surface area contributed by atoms with Crippen molar-refractivity contribution in [1.29, 1.82) is 0 Å². The molecule has 1 aromatic rings. The number of hydrogen-bond donors (Lipinski definition) is 2. The lowest BCUT2D eigenvalue weighted by Gasteiger charge is -2.13. The van der Waals surface area contributed by atoms with Gasteiger partial charge in [0, 0.05) is 27.9 Å². The number of thioether (sulfide) groups is 1. The number of H-pyrrole nitrogens is 1. The Bertz CT molecular complexity index is 527. The highest BCUT2D eigenvalue weighted by molar-refractivity contribution is 14.1. The zero-order valence-electron chi connectivity index (χ0n) is 9.22. The van der Waals surface area contributed by atoms with Gasteiger partial charge in [-0.25, -0.2) is 4.79 Å². The molecule has 1 fully saturated rings. The van der Waals surface area contributed by atoms with Crippen molar-refractivity contribution in [2.75, 3.05) is 4.43 Å². The van der Waals surface area contributed by atoms with E-state index in [2.05, 4.69) is 27.6 Å². The van der Waals surface area contributed by atoms with Crippen LogP contribution in [0.25, 0.3) is 0 Å². The van der Waals surface area contributed by atoms with Gasteiger partial charge in [-0.1, -0.05) is 22.6 Å². The molecule has 7 heteroatoms. The van der Waals surface area contributed by atoms with Gasteiger partial charge in [-0.2, -0.15) is 0 Å². The number of hydrogen-bond acceptors (Lipinski definition) is 4. The van der Waals surface area contributed by atoms with Crippen molar-refractivity contribution in [3.63, 3.8) is 0 Å². The summed E-state index contributed by atoms with van der Waals surface area (Å²) in [4.78, 5) is 25.2. The molecule has 0 aliphatic carbocycles. The number of aryl methyl sites for hydroxylation is 1.